The van der Waals surface area contributed by atoms with Crippen LogP contribution in [0.4, 0.5) is 15.9 Å². The van der Waals surface area contributed by atoms with Crippen LogP contribution in [0, 0.1) is 5.82 Å². The molecule has 0 amide bonds. The Morgan fingerprint density at radius 3 is 2.95 bits per heavy atom. The van der Waals surface area contributed by atoms with Crippen molar-refractivity contribution in [2.75, 3.05) is 32.1 Å². The van der Waals surface area contributed by atoms with Gasteiger partial charge in [0.15, 0.2) is 5.82 Å². The number of pyridine rings is 1. The van der Waals surface area contributed by atoms with Crippen LogP contribution in [0.25, 0.3) is 27.4 Å². The molecule has 1 aliphatic rings. The molecule has 10 heteroatoms. The molecular formula is C27H28FN7O2. The molecular weight excluding hydrogens is 473 g/mol. The van der Waals surface area contributed by atoms with Gasteiger partial charge in [-0.15, -0.1) is 0 Å². The fourth-order valence-corrected chi connectivity index (χ4v) is 4.37. The van der Waals surface area contributed by atoms with Gasteiger partial charge in [-0.1, -0.05) is 0 Å². The smallest absolute Gasteiger partial charge is 0.156 e. The maximum absolute atomic E-state index is 15.4. The summed E-state index contributed by atoms with van der Waals surface area (Å²) in [5.41, 5.74) is 8.82. The second-order valence-corrected chi connectivity index (χ2v) is 8.68. The van der Waals surface area contributed by atoms with Gasteiger partial charge in [-0.3, -0.25) is 9.98 Å². The van der Waals surface area contributed by atoms with E-state index in [-0.39, 0.29) is 17.8 Å². The Kier molecular flexibility index (Phi) is 7.20. The highest BCUT2D eigenvalue weighted by molar-refractivity contribution is 6.11. The van der Waals surface area contributed by atoms with E-state index in [1.165, 1.54) is 12.5 Å². The first-order chi connectivity index (χ1) is 18.1. The van der Waals surface area contributed by atoms with Crippen LogP contribution < -0.4 is 21.1 Å². The molecule has 3 heterocycles. The summed E-state index contributed by atoms with van der Waals surface area (Å²) < 4.78 is 27.5. The summed E-state index contributed by atoms with van der Waals surface area (Å²) in [6.07, 6.45) is 5.98. The lowest BCUT2D eigenvalue weighted by atomic mass is 10.0. The molecule has 1 aliphatic heterocycles. The van der Waals surface area contributed by atoms with Crippen LogP contribution in [0.1, 0.15) is 12.5 Å². The average Bonchev–Trinajstić information content (AvgIpc) is 2.93. The summed E-state index contributed by atoms with van der Waals surface area (Å²) >= 11 is 0. The Morgan fingerprint density at radius 1 is 1.27 bits per heavy atom. The number of nitrogens with two attached hydrogens (primary N) is 1. The van der Waals surface area contributed by atoms with E-state index in [1.54, 1.807) is 43.7 Å². The summed E-state index contributed by atoms with van der Waals surface area (Å²) in [4.78, 5) is 17.3. The number of fused-ring (bicyclic) bond motifs is 2. The van der Waals surface area contributed by atoms with Crippen LogP contribution in [0.15, 0.2) is 60.1 Å². The summed E-state index contributed by atoms with van der Waals surface area (Å²) in [5, 5.41) is 7.61. The number of anilines is 2. The quantitative estimate of drug-likeness (QED) is 0.327. The van der Waals surface area contributed by atoms with Crippen molar-refractivity contribution in [2.45, 2.75) is 19.1 Å². The van der Waals surface area contributed by atoms with Gasteiger partial charge in [-0.2, -0.15) is 0 Å². The van der Waals surface area contributed by atoms with Crippen LogP contribution in [-0.2, 0) is 4.74 Å². The molecule has 190 valence electrons. The second kappa shape index (κ2) is 10.9. The van der Waals surface area contributed by atoms with Crippen molar-refractivity contribution in [1.82, 2.24) is 20.3 Å². The van der Waals surface area contributed by atoms with Crippen LogP contribution in [-0.4, -0.2) is 60.1 Å². The van der Waals surface area contributed by atoms with E-state index >= 15 is 4.39 Å². The minimum absolute atomic E-state index is 0.000605. The summed E-state index contributed by atoms with van der Waals surface area (Å²) in [6.45, 7) is 3.92. The van der Waals surface area contributed by atoms with Gasteiger partial charge in [0.25, 0.3) is 0 Å². The standard InChI is InChI=1S/C27H28FN7O2/c1-16(23-14-36-9-8-32-23)37-24-11-17(18(12-29)13-30-2)10-22-25(24)27(34-15-33-22)35-21-6-5-20-19(26(21)28)4-3-7-31-20/h3-7,10-13,15-16,23,32H,8-9,14,29H2,1-2H3,(H,33,34,35)/b18-12+,30-13?. The predicted octanol–water partition coefficient (Wildman–Crippen LogP) is 3.82. The van der Waals surface area contributed by atoms with Crippen molar-refractivity contribution in [3.05, 3.63) is 66.5 Å². The Labute approximate surface area is 213 Å². The number of nitrogens with zero attached hydrogens (tertiary/aromatic N) is 4. The van der Waals surface area contributed by atoms with Gasteiger partial charge in [-0.25, -0.2) is 14.4 Å². The molecule has 4 N–H and O–H groups in total. The molecule has 2 aromatic carbocycles. The van der Waals surface area contributed by atoms with E-state index in [0.717, 1.165) is 12.1 Å². The van der Waals surface area contributed by atoms with Gasteiger partial charge in [0, 0.05) is 43.2 Å². The number of aromatic nitrogens is 3. The molecule has 37 heavy (non-hydrogen) atoms. The number of benzene rings is 2. The van der Waals surface area contributed by atoms with Crippen molar-refractivity contribution in [2.24, 2.45) is 10.7 Å². The third kappa shape index (κ3) is 5.07. The van der Waals surface area contributed by atoms with Gasteiger partial charge < -0.3 is 25.8 Å². The van der Waals surface area contributed by atoms with E-state index in [1.807, 2.05) is 19.1 Å². The van der Waals surface area contributed by atoms with Gasteiger partial charge >= 0.3 is 0 Å². The van der Waals surface area contributed by atoms with Crippen molar-refractivity contribution in [1.29, 1.82) is 0 Å². The zero-order valence-electron chi connectivity index (χ0n) is 20.6. The van der Waals surface area contributed by atoms with E-state index in [0.29, 0.717) is 52.2 Å². The van der Waals surface area contributed by atoms with Crippen molar-refractivity contribution in [3.8, 4) is 5.75 Å². The van der Waals surface area contributed by atoms with Gasteiger partial charge in [0.1, 0.15) is 24.0 Å². The molecule has 0 bridgehead atoms. The highest BCUT2D eigenvalue weighted by atomic mass is 19.1. The number of nitrogens with one attached hydrogen (secondary N) is 2. The van der Waals surface area contributed by atoms with E-state index in [4.69, 9.17) is 15.2 Å². The number of morpholine rings is 1. The Morgan fingerprint density at radius 2 is 2.16 bits per heavy atom. The molecule has 9 nitrogen and oxygen atoms in total. The third-order valence-corrected chi connectivity index (χ3v) is 6.29. The van der Waals surface area contributed by atoms with Crippen LogP contribution in [0.3, 0.4) is 0 Å². The molecule has 0 saturated carbocycles. The number of halogens is 1. The first-order valence-corrected chi connectivity index (χ1v) is 12.0. The number of rotatable bonds is 7. The largest absolute Gasteiger partial charge is 0.488 e. The highest BCUT2D eigenvalue weighted by Crippen LogP contribution is 2.36. The molecule has 1 saturated heterocycles. The second-order valence-electron chi connectivity index (χ2n) is 8.68. The molecule has 2 unspecified atom stereocenters. The minimum atomic E-state index is -0.416. The molecule has 4 aromatic rings. The van der Waals surface area contributed by atoms with Crippen molar-refractivity contribution >= 4 is 45.1 Å². The van der Waals surface area contributed by atoms with Crippen LogP contribution in [0.5, 0.6) is 5.75 Å². The molecule has 5 rings (SSSR count). The van der Waals surface area contributed by atoms with E-state index in [9.17, 15) is 0 Å². The van der Waals surface area contributed by atoms with E-state index < -0.39 is 5.82 Å². The molecule has 2 aromatic heterocycles. The van der Waals surface area contributed by atoms with Crippen molar-refractivity contribution < 1.29 is 13.9 Å². The number of hydrogen-bond donors (Lipinski definition) is 3. The normalized spacial score (nSPS) is 17.4. The third-order valence-electron chi connectivity index (χ3n) is 6.29. The summed E-state index contributed by atoms with van der Waals surface area (Å²) in [5.74, 6) is 0.527. The maximum atomic E-state index is 15.4. The average molecular weight is 502 g/mol. The highest BCUT2D eigenvalue weighted by Gasteiger charge is 2.24. The monoisotopic (exact) mass is 501 g/mol. The molecule has 1 fully saturated rings. The predicted molar refractivity (Wildman–Crippen MR) is 144 cm³/mol. The SMILES string of the molecule is CN=C/C(=C\N)c1cc(OC(C)C2COCCN2)c2c(Nc3ccc4ncccc4c3F)ncnc2c1. The van der Waals surface area contributed by atoms with Gasteiger partial charge in [0.05, 0.1) is 41.4 Å². The summed E-state index contributed by atoms with van der Waals surface area (Å²) in [6, 6.07) is 10.6. The minimum Gasteiger partial charge on any atom is -0.488 e. The van der Waals surface area contributed by atoms with E-state index in [2.05, 4.69) is 30.6 Å². The lowest BCUT2D eigenvalue weighted by molar-refractivity contribution is 0.0341. The fourth-order valence-electron chi connectivity index (χ4n) is 4.37. The zero-order chi connectivity index (χ0) is 25.8. The van der Waals surface area contributed by atoms with Crippen LogP contribution >= 0.6 is 0 Å². The number of aliphatic imine (C=N–C) groups is 1. The molecule has 0 spiro atoms. The Balaban J connectivity index is 1.61. The molecule has 2 atom stereocenters. The first kappa shape index (κ1) is 24.5. The van der Waals surface area contributed by atoms with Gasteiger partial charge in [-0.05, 0) is 48.9 Å². The zero-order valence-corrected chi connectivity index (χ0v) is 20.6. The molecule has 0 radical (unpaired) electrons. The number of ether oxygens (including phenoxy) is 2. The summed E-state index contributed by atoms with van der Waals surface area (Å²) in [7, 11) is 1.68. The number of hydrogen-bond acceptors (Lipinski definition) is 9. The fraction of sp³-hybridized carbons (Fsp3) is 0.259. The maximum Gasteiger partial charge on any atom is 0.156 e. The van der Waals surface area contributed by atoms with Crippen molar-refractivity contribution in [3.63, 3.8) is 0 Å². The lowest BCUT2D eigenvalue weighted by Crippen LogP contribution is -2.49. The van der Waals surface area contributed by atoms with Gasteiger partial charge in [0.2, 0.25) is 0 Å². The Hall–Kier alpha value is -4.15. The number of allylic oxidation sites excluding steroid dienone is 1. The Bertz CT molecular complexity index is 1480. The lowest BCUT2D eigenvalue weighted by Gasteiger charge is -2.30. The molecule has 0 aliphatic carbocycles. The van der Waals surface area contributed by atoms with Crippen LogP contribution in [0.2, 0.25) is 0 Å². The first-order valence-electron chi connectivity index (χ1n) is 12.0. The topological polar surface area (TPSA) is 120 Å².